The van der Waals surface area contributed by atoms with Gasteiger partial charge in [-0.1, -0.05) is 18.2 Å². The summed E-state index contributed by atoms with van der Waals surface area (Å²) in [7, 11) is 0. The molecule has 0 bridgehead atoms. The summed E-state index contributed by atoms with van der Waals surface area (Å²) in [5, 5.41) is 10.2. The normalized spacial score (nSPS) is 16.2. The van der Waals surface area contributed by atoms with Gasteiger partial charge in [-0.2, -0.15) is 0 Å². The Morgan fingerprint density at radius 3 is 2.58 bits per heavy atom. The predicted molar refractivity (Wildman–Crippen MR) is 121 cm³/mol. The second-order valence-corrected chi connectivity index (χ2v) is 8.07. The van der Waals surface area contributed by atoms with E-state index in [4.69, 9.17) is 0 Å². The van der Waals surface area contributed by atoms with Crippen molar-refractivity contribution in [3.63, 3.8) is 0 Å². The molecule has 0 aliphatic carbocycles. The summed E-state index contributed by atoms with van der Waals surface area (Å²) >= 11 is 0. The first-order valence-electron chi connectivity index (χ1n) is 11.0. The zero-order valence-electron chi connectivity index (χ0n) is 18.4. The van der Waals surface area contributed by atoms with Gasteiger partial charge in [0.2, 0.25) is 0 Å². The second kappa shape index (κ2) is 8.94. The number of imidazole rings is 1. The largest absolute Gasteiger partial charge is 0.508 e. The predicted octanol–water partition coefficient (Wildman–Crippen LogP) is 4.05. The summed E-state index contributed by atoms with van der Waals surface area (Å²) in [6.07, 6.45) is 2.66. The van der Waals surface area contributed by atoms with E-state index in [1.807, 2.05) is 62.1 Å². The third kappa shape index (κ3) is 4.21. The smallest absolute Gasteiger partial charge is 0.253 e. The highest BCUT2D eigenvalue weighted by atomic mass is 16.3. The minimum absolute atomic E-state index is 0.00356. The highest BCUT2D eigenvalue weighted by molar-refractivity contribution is 5.94. The third-order valence-electron chi connectivity index (χ3n) is 6.28. The minimum atomic E-state index is -0.00356. The fourth-order valence-electron chi connectivity index (χ4n) is 4.47. The quantitative estimate of drug-likeness (QED) is 0.633. The van der Waals surface area contributed by atoms with E-state index >= 15 is 0 Å². The third-order valence-corrected chi connectivity index (χ3v) is 6.28. The van der Waals surface area contributed by atoms with Crippen molar-refractivity contribution in [3.8, 4) is 5.75 Å². The van der Waals surface area contributed by atoms with Crippen molar-refractivity contribution < 1.29 is 9.90 Å². The molecule has 0 radical (unpaired) electrons. The number of carbonyl (C=O) groups excluding carboxylic acids is 1. The molecule has 2 aromatic carbocycles. The number of phenols is 1. The van der Waals surface area contributed by atoms with Gasteiger partial charge >= 0.3 is 0 Å². The Balaban J connectivity index is 1.70. The number of aryl methyl sites for hydroxylation is 1. The van der Waals surface area contributed by atoms with Crippen LogP contribution in [-0.2, 0) is 13.0 Å². The van der Waals surface area contributed by atoms with Crippen molar-refractivity contribution in [3.05, 3.63) is 82.4 Å². The number of rotatable bonds is 6. The molecule has 2 N–H and O–H groups in total. The summed E-state index contributed by atoms with van der Waals surface area (Å²) in [6.45, 7) is 9.05. The lowest BCUT2D eigenvalue weighted by molar-refractivity contribution is 0.0773. The van der Waals surface area contributed by atoms with E-state index in [2.05, 4.69) is 14.9 Å². The maximum absolute atomic E-state index is 12.7. The Kier molecular flexibility index (Phi) is 6.09. The number of fused-ring (bicyclic) bond motifs is 1. The van der Waals surface area contributed by atoms with Gasteiger partial charge in [0.25, 0.3) is 5.91 Å². The average molecular weight is 419 g/mol. The first-order valence-corrected chi connectivity index (χ1v) is 11.0. The van der Waals surface area contributed by atoms with Crippen LogP contribution in [0.1, 0.15) is 58.3 Å². The molecule has 0 spiro atoms. The molecule has 162 valence electrons. The van der Waals surface area contributed by atoms with Crippen LogP contribution in [0.25, 0.3) is 0 Å². The van der Waals surface area contributed by atoms with Crippen LogP contribution in [0.4, 0.5) is 0 Å². The summed E-state index contributed by atoms with van der Waals surface area (Å²) in [5.74, 6) is 0.333. The molecule has 0 saturated heterocycles. The van der Waals surface area contributed by atoms with Gasteiger partial charge < -0.3 is 15.0 Å². The van der Waals surface area contributed by atoms with E-state index in [0.29, 0.717) is 18.7 Å². The van der Waals surface area contributed by atoms with Crippen molar-refractivity contribution in [2.24, 2.45) is 0 Å². The minimum Gasteiger partial charge on any atom is -0.508 e. The fraction of sp³-hybridized carbons (Fsp3) is 0.360. The van der Waals surface area contributed by atoms with Crippen LogP contribution < -0.4 is 0 Å². The molecule has 6 heteroatoms. The van der Waals surface area contributed by atoms with E-state index in [0.717, 1.165) is 42.0 Å². The Labute approximate surface area is 183 Å². The molecule has 2 heterocycles. The molecule has 31 heavy (non-hydrogen) atoms. The lowest BCUT2D eigenvalue weighted by Crippen LogP contribution is -2.36. The lowest BCUT2D eigenvalue weighted by Gasteiger charge is -2.37. The number of hydrogen-bond donors (Lipinski definition) is 2. The van der Waals surface area contributed by atoms with E-state index in [1.165, 1.54) is 5.56 Å². The first kappa shape index (κ1) is 21.1. The number of benzene rings is 2. The van der Waals surface area contributed by atoms with Crippen molar-refractivity contribution in [2.45, 2.75) is 39.8 Å². The summed E-state index contributed by atoms with van der Waals surface area (Å²) in [5.41, 5.74) is 6.28. The van der Waals surface area contributed by atoms with E-state index < -0.39 is 0 Å². The Bertz CT molecular complexity index is 1050. The molecule has 1 unspecified atom stereocenters. The van der Waals surface area contributed by atoms with Gasteiger partial charge in [0.05, 0.1) is 23.8 Å². The fourth-order valence-corrected chi connectivity index (χ4v) is 4.47. The van der Waals surface area contributed by atoms with Gasteiger partial charge in [0, 0.05) is 31.7 Å². The van der Waals surface area contributed by atoms with Crippen molar-refractivity contribution in [1.29, 1.82) is 0 Å². The van der Waals surface area contributed by atoms with Crippen molar-refractivity contribution in [1.82, 2.24) is 19.8 Å². The number of aromatic amines is 1. The van der Waals surface area contributed by atoms with Crippen LogP contribution in [0.5, 0.6) is 5.75 Å². The molecule has 0 fully saturated rings. The van der Waals surface area contributed by atoms with Crippen LogP contribution in [0.2, 0.25) is 0 Å². The molecule has 1 aliphatic heterocycles. The highest BCUT2D eigenvalue weighted by Crippen LogP contribution is 2.38. The van der Waals surface area contributed by atoms with Crippen LogP contribution in [-0.4, -0.2) is 50.4 Å². The molecule has 4 rings (SSSR count). The zero-order valence-corrected chi connectivity index (χ0v) is 18.4. The van der Waals surface area contributed by atoms with Crippen LogP contribution in [0.3, 0.4) is 0 Å². The van der Waals surface area contributed by atoms with Crippen molar-refractivity contribution >= 4 is 5.91 Å². The Hall–Kier alpha value is -3.12. The van der Waals surface area contributed by atoms with E-state index in [9.17, 15) is 9.90 Å². The SMILES string of the molecule is CCN(CC)C(=O)c1ccc(C2c3cc(O)ccc3CCN2Cc2[nH]cnc2C)cc1. The van der Waals surface area contributed by atoms with Crippen LogP contribution in [0.15, 0.2) is 48.8 Å². The van der Waals surface area contributed by atoms with Gasteiger partial charge in [-0.25, -0.2) is 4.98 Å². The maximum atomic E-state index is 12.7. The Morgan fingerprint density at radius 1 is 1.19 bits per heavy atom. The number of aromatic nitrogens is 2. The number of hydrogen-bond acceptors (Lipinski definition) is 4. The topological polar surface area (TPSA) is 72.5 Å². The molecule has 0 saturated carbocycles. The van der Waals surface area contributed by atoms with E-state index in [1.54, 1.807) is 12.4 Å². The number of carbonyl (C=O) groups is 1. The summed E-state index contributed by atoms with van der Waals surface area (Å²) < 4.78 is 0. The second-order valence-electron chi connectivity index (χ2n) is 8.07. The number of nitrogens with one attached hydrogen (secondary N) is 1. The lowest BCUT2D eigenvalue weighted by atomic mass is 9.87. The average Bonchev–Trinajstić information content (AvgIpc) is 3.18. The van der Waals surface area contributed by atoms with Crippen LogP contribution in [0, 0.1) is 6.92 Å². The molecular formula is C25H30N4O2. The van der Waals surface area contributed by atoms with Crippen LogP contribution >= 0.6 is 0 Å². The number of aromatic hydroxyl groups is 1. The van der Waals surface area contributed by atoms with Gasteiger partial charge in [-0.3, -0.25) is 9.69 Å². The zero-order chi connectivity index (χ0) is 22.0. The number of nitrogens with zero attached hydrogens (tertiary/aromatic N) is 3. The standard InChI is InChI=1S/C25H30N4O2/c1-4-28(5-2)25(31)20-8-6-19(7-9-20)24-22-14-21(30)11-10-18(22)12-13-29(24)15-23-17(3)26-16-27-23/h6-11,14,16,24,30H,4-5,12-13,15H2,1-3H3,(H,26,27). The van der Waals surface area contributed by atoms with Gasteiger partial charge in [0.1, 0.15) is 5.75 Å². The number of H-pyrrole nitrogens is 1. The number of phenolic OH excluding ortho intramolecular Hbond substituents is 1. The molecule has 1 atom stereocenters. The maximum Gasteiger partial charge on any atom is 0.253 e. The van der Waals surface area contributed by atoms with E-state index in [-0.39, 0.29) is 17.7 Å². The summed E-state index contributed by atoms with van der Waals surface area (Å²) in [6, 6.07) is 13.6. The van der Waals surface area contributed by atoms with Crippen molar-refractivity contribution in [2.75, 3.05) is 19.6 Å². The van der Waals surface area contributed by atoms with Gasteiger partial charge in [-0.05, 0) is 68.1 Å². The van der Waals surface area contributed by atoms with Gasteiger partial charge in [0.15, 0.2) is 0 Å². The molecule has 3 aromatic rings. The molecule has 6 nitrogen and oxygen atoms in total. The number of amides is 1. The molecule has 1 aliphatic rings. The summed E-state index contributed by atoms with van der Waals surface area (Å²) in [4.78, 5) is 24.6. The highest BCUT2D eigenvalue weighted by Gasteiger charge is 2.30. The first-order chi connectivity index (χ1) is 15.0. The molecule has 1 amide bonds. The molecule has 1 aromatic heterocycles. The monoisotopic (exact) mass is 418 g/mol. The molecular weight excluding hydrogens is 388 g/mol. The Morgan fingerprint density at radius 2 is 1.94 bits per heavy atom. The van der Waals surface area contributed by atoms with Gasteiger partial charge in [-0.15, -0.1) is 0 Å².